The topological polar surface area (TPSA) is 113 Å². The van der Waals surface area contributed by atoms with Crippen molar-refractivity contribution in [3.05, 3.63) is 59.7 Å². The molecule has 2 heterocycles. The molecule has 9 heteroatoms. The smallest absolute Gasteiger partial charge is 0.289 e. The number of nitrogens with zero attached hydrogens (tertiary/aromatic N) is 2. The number of hydrogen-bond acceptors (Lipinski definition) is 6. The van der Waals surface area contributed by atoms with Crippen molar-refractivity contribution < 1.29 is 19.2 Å². The normalized spacial score (nSPS) is 17.0. The minimum atomic E-state index is -0.268. The highest BCUT2D eigenvalue weighted by molar-refractivity contribution is 8.14. The van der Waals surface area contributed by atoms with Crippen molar-refractivity contribution in [3.8, 4) is 0 Å². The molecule has 0 unspecified atom stereocenters. The first-order chi connectivity index (χ1) is 15.4. The highest BCUT2D eigenvalue weighted by Gasteiger charge is 2.29. The average molecular weight is 453 g/mol. The van der Waals surface area contributed by atoms with Crippen molar-refractivity contribution in [2.24, 2.45) is 11.7 Å². The zero-order valence-electron chi connectivity index (χ0n) is 17.5. The van der Waals surface area contributed by atoms with Crippen molar-refractivity contribution in [1.82, 2.24) is 4.90 Å². The second-order valence-electron chi connectivity index (χ2n) is 7.90. The molecule has 4 amide bonds. The van der Waals surface area contributed by atoms with Crippen LogP contribution in [0.1, 0.15) is 28.8 Å². The van der Waals surface area contributed by atoms with Gasteiger partial charge in [-0.25, -0.2) is 0 Å². The Balaban J connectivity index is 1.36. The van der Waals surface area contributed by atoms with Gasteiger partial charge in [0.15, 0.2) is 0 Å². The molecule has 0 aromatic heterocycles. The van der Waals surface area contributed by atoms with Gasteiger partial charge in [0, 0.05) is 35.9 Å². The Morgan fingerprint density at radius 2 is 1.78 bits per heavy atom. The van der Waals surface area contributed by atoms with Crippen LogP contribution in [0.4, 0.5) is 16.2 Å². The molecule has 166 valence electrons. The number of anilines is 2. The van der Waals surface area contributed by atoms with Crippen LogP contribution < -0.4 is 16.0 Å². The number of amides is 4. The number of primary amides is 1. The molecular weight excluding hydrogens is 428 g/mol. The summed E-state index contributed by atoms with van der Waals surface area (Å²) in [7, 11) is 0. The first-order valence-electron chi connectivity index (χ1n) is 10.4. The Bertz CT molecular complexity index is 1030. The minimum absolute atomic E-state index is 0.0546. The van der Waals surface area contributed by atoms with Crippen LogP contribution in [0, 0.1) is 5.92 Å². The maximum atomic E-state index is 12.7. The van der Waals surface area contributed by atoms with E-state index in [0.717, 1.165) is 48.9 Å². The van der Waals surface area contributed by atoms with E-state index in [2.05, 4.69) is 10.2 Å². The molecule has 32 heavy (non-hydrogen) atoms. The Labute approximate surface area is 190 Å². The molecule has 2 aromatic carbocycles. The zero-order chi connectivity index (χ0) is 22.7. The predicted octanol–water partition coefficient (Wildman–Crippen LogP) is 2.84. The molecular formula is C23H24N4O4S. The Hall–Kier alpha value is -3.33. The van der Waals surface area contributed by atoms with Gasteiger partial charge in [-0.3, -0.25) is 24.1 Å². The fraction of sp³-hybridized carbons (Fsp3) is 0.304. The van der Waals surface area contributed by atoms with E-state index in [0.29, 0.717) is 11.3 Å². The molecule has 2 aliphatic heterocycles. The van der Waals surface area contributed by atoms with E-state index in [-0.39, 0.29) is 41.2 Å². The van der Waals surface area contributed by atoms with E-state index in [1.807, 2.05) is 24.3 Å². The molecule has 0 bridgehead atoms. The average Bonchev–Trinajstić information content (AvgIpc) is 3.12. The van der Waals surface area contributed by atoms with Crippen molar-refractivity contribution in [3.63, 3.8) is 0 Å². The van der Waals surface area contributed by atoms with Crippen LogP contribution in [-0.2, 0) is 16.1 Å². The third-order valence-electron chi connectivity index (χ3n) is 5.76. The SMILES string of the molecule is NC(=O)C1CCN(c2ccc(NC(=O)c3cccc(CN4C(=O)CSC4=O)c3)cc2)CC1. The number of carbonyl (C=O) groups is 4. The van der Waals surface area contributed by atoms with E-state index in [1.165, 1.54) is 4.90 Å². The lowest BCUT2D eigenvalue weighted by molar-refractivity contribution is -0.125. The van der Waals surface area contributed by atoms with Gasteiger partial charge in [-0.15, -0.1) is 0 Å². The molecule has 8 nitrogen and oxygen atoms in total. The molecule has 0 aliphatic carbocycles. The minimum Gasteiger partial charge on any atom is -0.371 e. The van der Waals surface area contributed by atoms with E-state index < -0.39 is 0 Å². The van der Waals surface area contributed by atoms with Gasteiger partial charge in [-0.05, 0) is 54.8 Å². The summed E-state index contributed by atoms with van der Waals surface area (Å²) >= 11 is 0.992. The van der Waals surface area contributed by atoms with Gasteiger partial charge in [-0.2, -0.15) is 0 Å². The molecule has 2 fully saturated rings. The van der Waals surface area contributed by atoms with Crippen molar-refractivity contribution in [2.75, 3.05) is 29.1 Å². The Morgan fingerprint density at radius 1 is 1.06 bits per heavy atom. The first kappa shape index (κ1) is 21.9. The van der Waals surface area contributed by atoms with Crippen molar-refractivity contribution >= 4 is 46.1 Å². The fourth-order valence-corrected chi connectivity index (χ4v) is 4.63. The van der Waals surface area contributed by atoms with Crippen LogP contribution in [0.3, 0.4) is 0 Å². The third-order valence-corrected chi connectivity index (χ3v) is 6.62. The molecule has 0 saturated carbocycles. The lowest BCUT2D eigenvalue weighted by atomic mass is 9.96. The van der Waals surface area contributed by atoms with Gasteiger partial charge < -0.3 is 16.0 Å². The highest BCUT2D eigenvalue weighted by atomic mass is 32.2. The summed E-state index contributed by atoms with van der Waals surface area (Å²) in [5, 5.41) is 2.62. The molecule has 4 rings (SSSR count). The summed E-state index contributed by atoms with van der Waals surface area (Å²) in [6.07, 6.45) is 1.49. The molecule has 0 radical (unpaired) electrons. The second kappa shape index (κ2) is 9.44. The number of piperidine rings is 1. The monoisotopic (exact) mass is 452 g/mol. The number of hydrogen-bond donors (Lipinski definition) is 2. The van der Waals surface area contributed by atoms with E-state index >= 15 is 0 Å². The van der Waals surface area contributed by atoms with Crippen LogP contribution in [0.25, 0.3) is 0 Å². The van der Waals surface area contributed by atoms with Gasteiger partial charge in [-0.1, -0.05) is 23.9 Å². The fourth-order valence-electron chi connectivity index (χ4n) is 3.91. The standard InChI is InChI=1S/C23H24N4O4S/c24-21(29)16-8-10-26(11-9-16)19-6-4-18(5-7-19)25-22(30)17-3-1-2-15(12-17)13-27-20(28)14-32-23(27)31/h1-7,12,16H,8-11,13-14H2,(H2,24,29)(H,25,30). The van der Waals surface area contributed by atoms with Crippen LogP contribution >= 0.6 is 11.8 Å². The summed E-state index contributed by atoms with van der Waals surface area (Å²) in [5.74, 6) is -0.604. The summed E-state index contributed by atoms with van der Waals surface area (Å²) < 4.78 is 0. The van der Waals surface area contributed by atoms with E-state index in [9.17, 15) is 19.2 Å². The van der Waals surface area contributed by atoms with Crippen molar-refractivity contribution in [1.29, 1.82) is 0 Å². The zero-order valence-corrected chi connectivity index (χ0v) is 18.3. The third kappa shape index (κ3) is 4.94. The highest BCUT2D eigenvalue weighted by Crippen LogP contribution is 2.25. The number of nitrogens with one attached hydrogen (secondary N) is 1. The van der Waals surface area contributed by atoms with Gasteiger partial charge in [0.25, 0.3) is 11.1 Å². The number of rotatable bonds is 6. The molecule has 2 aromatic rings. The molecule has 0 spiro atoms. The van der Waals surface area contributed by atoms with E-state index in [4.69, 9.17) is 5.73 Å². The first-order valence-corrected chi connectivity index (χ1v) is 11.4. The van der Waals surface area contributed by atoms with Gasteiger partial charge in [0.1, 0.15) is 0 Å². The van der Waals surface area contributed by atoms with Gasteiger partial charge in [0.05, 0.1) is 12.3 Å². The summed E-state index contributed by atoms with van der Waals surface area (Å²) in [6, 6.07) is 14.5. The summed E-state index contributed by atoms with van der Waals surface area (Å²) in [6.45, 7) is 1.70. The van der Waals surface area contributed by atoms with Gasteiger partial charge >= 0.3 is 0 Å². The lowest BCUT2D eigenvalue weighted by Gasteiger charge is -2.32. The maximum absolute atomic E-state index is 12.7. The number of thioether (sulfide) groups is 1. The molecule has 2 aliphatic rings. The van der Waals surface area contributed by atoms with Crippen LogP contribution in [0.5, 0.6) is 0 Å². The number of carbonyl (C=O) groups excluding carboxylic acids is 4. The van der Waals surface area contributed by atoms with Gasteiger partial charge in [0.2, 0.25) is 11.8 Å². The second-order valence-corrected chi connectivity index (χ2v) is 8.83. The van der Waals surface area contributed by atoms with Crippen LogP contribution in [0.15, 0.2) is 48.5 Å². The lowest BCUT2D eigenvalue weighted by Crippen LogP contribution is -2.38. The number of imide groups is 1. The Kier molecular flexibility index (Phi) is 6.45. The summed E-state index contributed by atoms with van der Waals surface area (Å²) in [4.78, 5) is 51.1. The predicted molar refractivity (Wildman–Crippen MR) is 123 cm³/mol. The Morgan fingerprint density at radius 3 is 2.41 bits per heavy atom. The van der Waals surface area contributed by atoms with Crippen molar-refractivity contribution in [2.45, 2.75) is 19.4 Å². The number of nitrogens with two attached hydrogens (primary N) is 1. The quantitative estimate of drug-likeness (QED) is 0.697. The molecule has 3 N–H and O–H groups in total. The van der Waals surface area contributed by atoms with E-state index in [1.54, 1.807) is 24.3 Å². The van der Waals surface area contributed by atoms with Crippen LogP contribution in [-0.4, -0.2) is 46.7 Å². The molecule has 0 atom stereocenters. The maximum Gasteiger partial charge on any atom is 0.289 e. The van der Waals surface area contributed by atoms with Crippen LogP contribution in [0.2, 0.25) is 0 Å². The largest absolute Gasteiger partial charge is 0.371 e. The number of benzene rings is 2. The molecule has 2 saturated heterocycles. The summed E-state index contributed by atoms with van der Waals surface area (Å²) in [5.41, 5.74) is 8.26.